The van der Waals surface area contributed by atoms with Gasteiger partial charge in [-0.25, -0.2) is 0 Å². The molecular weight excluding hydrogens is 408 g/mol. The molecule has 0 fully saturated rings. The Morgan fingerprint density at radius 2 is 1.77 bits per heavy atom. The second kappa shape index (κ2) is 13.8. The number of thioether (sulfide) groups is 1. The van der Waals surface area contributed by atoms with E-state index in [1.54, 1.807) is 23.8 Å². The molecule has 0 heterocycles. The number of methoxy groups -OCH3 is 1. The van der Waals surface area contributed by atoms with Crippen LogP contribution in [0.15, 0.2) is 59.5 Å². The average Bonchev–Trinajstić information content (AvgIpc) is 2.80. The molecule has 31 heavy (non-hydrogen) atoms. The van der Waals surface area contributed by atoms with Gasteiger partial charge in [-0.15, -0.1) is 11.8 Å². The molecule has 0 aromatic heterocycles. The van der Waals surface area contributed by atoms with Crippen molar-refractivity contribution in [3.8, 4) is 5.75 Å². The van der Waals surface area contributed by atoms with Crippen LogP contribution in [0.2, 0.25) is 0 Å². The average molecular weight is 443 g/mol. The van der Waals surface area contributed by atoms with Gasteiger partial charge in [0, 0.05) is 30.2 Å². The summed E-state index contributed by atoms with van der Waals surface area (Å²) in [5.74, 6) is 1.37. The topological polar surface area (TPSA) is 58.6 Å². The predicted octanol–water partition coefficient (Wildman–Crippen LogP) is 4.90. The molecular formula is C25H34N2O3S. The third-order valence-electron chi connectivity index (χ3n) is 5.06. The summed E-state index contributed by atoms with van der Waals surface area (Å²) in [4.78, 5) is 28.9. The minimum absolute atomic E-state index is 0.00302. The molecule has 2 rings (SSSR count). The standard InChI is InChI=1S/C25H34N2O3S/c1-4-6-17-26-25(29)23(5-2)27(19-20-12-14-21(30-3)15-13-20)24(28)16-18-31-22-10-8-7-9-11-22/h7-15,23H,4-6,16-19H2,1-3H3,(H,26,29)/t23-/m0/s1. The van der Waals surface area contributed by atoms with Gasteiger partial charge in [-0.3, -0.25) is 9.59 Å². The monoisotopic (exact) mass is 442 g/mol. The zero-order chi connectivity index (χ0) is 22.5. The molecule has 0 bridgehead atoms. The Kier molecular flexibility index (Phi) is 11.0. The van der Waals surface area contributed by atoms with Crippen LogP contribution in [-0.2, 0) is 16.1 Å². The van der Waals surface area contributed by atoms with Crippen molar-refractivity contribution >= 4 is 23.6 Å². The minimum atomic E-state index is -0.479. The van der Waals surface area contributed by atoms with Gasteiger partial charge in [0.05, 0.1) is 7.11 Å². The summed E-state index contributed by atoms with van der Waals surface area (Å²) < 4.78 is 5.23. The molecule has 2 amide bonds. The van der Waals surface area contributed by atoms with Crippen molar-refractivity contribution in [2.24, 2.45) is 0 Å². The first-order valence-electron chi connectivity index (χ1n) is 11.0. The molecule has 2 aromatic carbocycles. The van der Waals surface area contributed by atoms with E-state index in [0.717, 1.165) is 29.1 Å². The number of hydrogen-bond donors (Lipinski definition) is 1. The van der Waals surface area contributed by atoms with Gasteiger partial charge in [-0.05, 0) is 42.7 Å². The zero-order valence-corrected chi connectivity index (χ0v) is 19.6. The van der Waals surface area contributed by atoms with Crippen molar-refractivity contribution in [3.05, 3.63) is 60.2 Å². The molecule has 0 unspecified atom stereocenters. The second-order valence-electron chi connectivity index (χ2n) is 7.35. The van der Waals surface area contributed by atoms with Crippen LogP contribution in [0.1, 0.15) is 45.1 Å². The quantitative estimate of drug-likeness (QED) is 0.354. The van der Waals surface area contributed by atoms with Crippen LogP contribution in [0.25, 0.3) is 0 Å². The summed E-state index contributed by atoms with van der Waals surface area (Å²) in [7, 11) is 1.63. The van der Waals surface area contributed by atoms with E-state index in [1.807, 2.05) is 61.5 Å². The van der Waals surface area contributed by atoms with E-state index >= 15 is 0 Å². The van der Waals surface area contributed by atoms with E-state index in [4.69, 9.17) is 4.74 Å². The fourth-order valence-corrected chi connectivity index (χ4v) is 4.13. The highest BCUT2D eigenvalue weighted by molar-refractivity contribution is 7.99. The van der Waals surface area contributed by atoms with E-state index in [0.29, 0.717) is 31.7 Å². The number of carbonyl (C=O) groups excluding carboxylic acids is 2. The lowest BCUT2D eigenvalue weighted by Gasteiger charge is -2.30. The number of nitrogens with one attached hydrogen (secondary N) is 1. The fourth-order valence-electron chi connectivity index (χ4n) is 3.27. The Labute approximate surface area is 190 Å². The van der Waals surface area contributed by atoms with Crippen LogP contribution in [0, 0.1) is 0 Å². The zero-order valence-electron chi connectivity index (χ0n) is 18.8. The predicted molar refractivity (Wildman–Crippen MR) is 127 cm³/mol. The van der Waals surface area contributed by atoms with Crippen LogP contribution < -0.4 is 10.1 Å². The Morgan fingerprint density at radius 3 is 2.39 bits per heavy atom. The molecule has 0 saturated heterocycles. The molecule has 0 spiro atoms. The number of rotatable bonds is 13. The van der Waals surface area contributed by atoms with Crippen molar-refractivity contribution in [1.29, 1.82) is 0 Å². The van der Waals surface area contributed by atoms with Crippen molar-refractivity contribution in [2.75, 3.05) is 19.4 Å². The lowest BCUT2D eigenvalue weighted by atomic mass is 10.1. The molecule has 0 aliphatic heterocycles. The van der Waals surface area contributed by atoms with Gasteiger partial charge < -0.3 is 15.0 Å². The van der Waals surface area contributed by atoms with E-state index in [1.165, 1.54) is 0 Å². The SMILES string of the molecule is CCCCNC(=O)[C@H](CC)N(Cc1ccc(OC)cc1)C(=O)CCSc1ccccc1. The number of unbranched alkanes of at least 4 members (excludes halogenated alkanes) is 1. The van der Waals surface area contributed by atoms with Crippen molar-refractivity contribution in [1.82, 2.24) is 10.2 Å². The van der Waals surface area contributed by atoms with Gasteiger partial charge in [0.1, 0.15) is 11.8 Å². The molecule has 1 atom stereocenters. The van der Waals surface area contributed by atoms with Crippen molar-refractivity contribution in [2.45, 2.75) is 57.0 Å². The van der Waals surface area contributed by atoms with Crippen LogP contribution in [0.3, 0.4) is 0 Å². The molecule has 0 radical (unpaired) electrons. The maximum Gasteiger partial charge on any atom is 0.242 e. The number of carbonyl (C=O) groups is 2. The maximum atomic E-state index is 13.2. The summed E-state index contributed by atoms with van der Waals surface area (Å²) in [5, 5.41) is 3.00. The molecule has 0 saturated carbocycles. The van der Waals surface area contributed by atoms with E-state index in [9.17, 15) is 9.59 Å². The third-order valence-corrected chi connectivity index (χ3v) is 6.07. The summed E-state index contributed by atoms with van der Waals surface area (Å²) >= 11 is 1.66. The maximum absolute atomic E-state index is 13.2. The molecule has 0 aliphatic rings. The first-order chi connectivity index (χ1) is 15.1. The molecule has 1 N–H and O–H groups in total. The highest BCUT2D eigenvalue weighted by Crippen LogP contribution is 2.21. The van der Waals surface area contributed by atoms with E-state index in [2.05, 4.69) is 12.2 Å². The molecule has 0 aliphatic carbocycles. The number of amides is 2. The molecule has 168 valence electrons. The summed E-state index contributed by atoms with van der Waals surface area (Å²) in [6.45, 7) is 5.09. The lowest BCUT2D eigenvalue weighted by Crippen LogP contribution is -2.49. The van der Waals surface area contributed by atoms with Crippen LogP contribution >= 0.6 is 11.8 Å². The summed E-state index contributed by atoms with van der Waals surface area (Å²) in [6, 6.07) is 17.2. The second-order valence-corrected chi connectivity index (χ2v) is 8.52. The minimum Gasteiger partial charge on any atom is -0.497 e. The summed E-state index contributed by atoms with van der Waals surface area (Å²) in [5.41, 5.74) is 0.977. The molecule has 6 heteroatoms. The van der Waals surface area contributed by atoms with Crippen LogP contribution in [0.4, 0.5) is 0 Å². The molecule has 5 nitrogen and oxygen atoms in total. The van der Waals surface area contributed by atoms with Gasteiger partial charge in [0.2, 0.25) is 11.8 Å². The summed E-state index contributed by atoms with van der Waals surface area (Å²) in [6.07, 6.45) is 2.91. The first kappa shape index (κ1) is 24.8. The van der Waals surface area contributed by atoms with Gasteiger partial charge in [0.15, 0.2) is 0 Å². The van der Waals surface area contributed by atoms with E-state index in [-0.39, 0.29) is 11.8 Å². The van der Waals surface area contributed by atoms with Crippen molar-refractivity contribution < 1.29 is 14.3 Å². The normalized spacial score (nSPS) is 11.6. The fraction of sp³-hybridized carbons (Fsp3) is 0.440. The number of ether oxygens (including phenoxy) is 1. The smallest absolute Gasteiger partial charge is 0.242 e. The number of benzene rings is 2. The Morgan fingerprint density at radius 1 is 1.06 bits per heavy atom. The van der Waals surface area contributed by atoms with Crippen LogP contribution in [-0.4, -0.2) is 42.2 Å². The Balaban J connectivity index is 2.10. The van der Waals surface area contributed by atoms with E-state index < -0.39 is 6.04 Å². The molecule has 2 aromatic rings. The first-order valence-corrected chi connectivity index (χ1v) is 12.0. The third kappa shape index (κ3) is 8.29. The largest absolute Gasteiger partial charge is 0.497 e. The van der Waals surface area contributed by atoms with Crippen LogP contribution in [0.5, 0.6) is 5.75 Å². The van der Waals surface area contributed by atoms with Crippen molar-refractivity contribution in [3.63, 3.8) is 0 Å². The van der Waals surface area contributed by atoms with Gasteiger partial charge >= 0.3 is 0 Å². The Bertz CT molecular complexity index is 796. The van der Waals surface area contributed by atoms with Gasteiger partial charge in [-0.2, -0.15) is 0 Å². The highest BCUT2D eigenvalue weighted by atomic mass is 32.2. The highest BCUT2D eigenvalue weighted by Gasteiger charge is 2.28. The number of hydrogen-bond acceptors (Lipinski definition) is 4. The number of nitrogens with zero attached hydrogens (tertiary/aromatic N) is 1. The van der Waals surface area contributed by atoms with Gasteiger partial charge in [0.25, 0.3) is 0 Å². The Hall–Kier alpha value is -2.47. The lowest BCUT2D eigenvalue weighted by molar-refractivity contribution is -0.141. The van der Waals surface area contributed by atoms with Gasteiger partial charge in [-0.1, -0.05) is 50.6 Å².